The summed E-state index contributed by atoms with van der Waals surface area (Å²) < 4.78 is 0. The Kier molecular flexibility index (Phi) is 2.60. The van der Waals surface area contributed by atoms with Crippen LogP contribution >= 0.6 is 0 Å². The molecule has 0 spiro atoms. The molecular formula is C13H15N3. The molecule has 0 aliphatic rings. The first kappa shape index (κ1) is 10.6. The van der Waals surface area contributed by atoms with Crippen LogP contribution in [0.3, 0.4) is 0 Å². The van der Waals surface area contributed by atoms with E-state index in [1.165, 1.54) is 5.56 Å². The predicted octanol–water partition coefficient (Wildman–Crippen LogP) is 2.65. The molecule has 0 saturated carbocycles. The van der Waals surface area contributed by atoms with Crippen LogP contribution in [0.5, 0.6) is 0 Å². The Bertz CT molecular complexity index is 533. The minimum absolute atomic E-state index is 0.335. The molecule has 0 radical (unpaired) electrons. The van der Waals surface area contributed by atoms with E-state index in [-0.39, 0.29) is 0 Å². The molecule has 0 amide bonds. The van der Waals surface area contributed by atoms with Crippen molar-refractivity contribution in [1.29, 1.82) is 0 Å². The van der Waals surface area contributed by atoms with Gasteiger partial charge in [-0.05, 0) is 31.9 Å². The molecule has 1 heterocycles. The number of aryl methyl sites for hydroxylation is 2. The molecule has 2 rings (SSSR count). The van der Waals surface area contributed by atoms with E-state index in [1.54, 1.807) is 0 Å². The minimum atomic E-state index is 0.335. The number of rotatable bonds is 1. The minimum Gasteiger partial charge on any atom is -0.368 e. The summed E-state index contributed by atoms with van der Waals surface area (Å²) in [6.07, 6.45) is 0. The van der Waals surface area contributed by atoms with Gasteiger partial charge in [-0.1, -0.05) is 24.3 Å². The molecule has 1 aromatic carbocycles. The second-order valence-corrected chi connectivity index (χ2v) is 3.96. The maximum Gasteiger partial charge on any atom is 0.220 e. The van der Waals surface area contributed by atoms with Crippen LogP contribution in [0.4, 0.5) is 5.95 Å². The fourth-order valence-electron chi connectivity index (χ4n) is 1.75. The van der Waals surface area contributed by atoms with Gasteiger partial charge in [0.05, 0.1) is 5.69 Å². The number of nitrogens with two attached hydrogens (primary N) is 1. The third-order valence-electron chi connectivity index (χ3n) is 2.81. The van der Waals surface area contributed by atoms with Crippen molar-refractivity contribution in [3.63, 3.8) is 0 Å². The summed E-state index contributed by atoms with van der Waals surface area (Å²) in [5.74, 6) is 0.335. The summed E-state index contributed by atoms with van der Waals surface area (Å²) in [7, 11) is 0. The van der Waals surface area contributed by atoms with Crippen LogP contribution in [-0.2, 0) is 0 Å². The van der Waals surface area contributed by atoms with E-state index < -0.39 is 0 Å². The highest BCUT2D eigenvalue weighted by Gasteiger charge is 2.10. The molecule has 0 aliphatic carbocycles. The van der Waals surface area contributed by atoms with Crippen molar-refractivity contribution >= 4 is 5.95 Å². The summed E-state index contributed by atoms with van der Waals surface area (Å²) in [5, 5.41) is 0. The van der Waals surface area contributed by atoms with Gasteiger partial charge in [0, 0.05) is 11.3 Å². The van der Waals surface area contributed by atoms with E-state index in [2.05, 4.69) is 29.0 Å². The molecule has 0 bridgehead atoms. The lowest BCUT2D eigenvalue weighted by molar-refractivity contribution is 1.08. The van der Waals surface area contributed by atoms with Gasteiger partial charge in [0.25, 0.3) is 0 Å². The Morgan fingerprint density at radius 1 is 1.00 bits per heavy atom. The summed E-state index contributed by atoms with van der Waals surface area (Å²) in [4.78, 5) is 8.49. The van der Waals surface area contributed by atoms with Gasteiger partial charge in [-0.15, -0.1) is 0 Å². The Morgan fingerprint density at radius 3 is 2.38 bits per heavy atom. The monoisotopic (exact) mass is 213 g/mol. The number of hydrogen-bond acceptors (Lipinski definition) is 3. The van der Waals surface area contributed by atoms with Crippen LogP contribution in [0.25, 0.3) is 11.3 Å². The van der Waals surface area contributed by atoms with E-state index in [9.17, 15) is 0 Å². The van der Waals surface area contributed by atoms with E-state index >= 15 is 0 Å². The van der Waals surface area contributed by atoms with Crippen LogP contribution in [0.2, 0.25) is 0 Å². The molecule has 1 aromatic heterocycles. The summed E-state index contributed by atoms with van der Waals surface area (Å²) in [6.45, 7) is 6.05. The van der Waals surface area contributed by atoms with E-state index in [1.807, 2.05) is 26.0 Å². The Labute approximate surface area is 95.4 Å². The molecule has 3 heteroatoms. The Morgan fingerprint density at radius 2 is 1.69 bits per heavy atom. The third kappa shape index (κ3) is 1.76. The lowest BCUT2D eigenvalue weighted by Gasteiger charge is -2.10. The molecule has 3 nitrogen and oxygen atoms in total. The highest BCUT2D eigenvalue weighted by molar-refractivity contribution is 5.67. The molecule has 0 unspecified atom stereocenters. The highest BCUT2D eigenvalue weighted by atomic mass is 15.0. The molecule has 2 N–H and O–H groups in total. The lowest BCUT2D eigenvalue weighted by atomic mass is 10.0. The van der Waals surface area contributed by atoms with Crippen molar-refractivity contribution in [3.05, 3.63) is 41.1 Å². The second-order valence-electron chi connectivity index (χ2n) is 3.96. The van der Waals surface area contributed by atoms with Crippen molar-refractivity contribution in [2.45, 2.75) is 20.8 Å². The number of hydrogen-bond donors (Lipinski definition) is 1. The molecule has 16 heavy (non-hydrogen) atoms. The number of aromatic nitrogens is 2. The first-order valence-corrected chi connectivity index (χ1v) is 5.26. The maximum absolute atomic E-state index is 5.69. The third-order valence-corrected chi connectivity index (χ3v) is 2.81. The van der Waals surface area contributed by atoms with Crippen LogP contribution in [0, 0.1) is 20.8 Å². The first-order chi connectivity index (χ1) is 7.59. The predicted molar refractivity (Wildman–Crippen MR) is 66.1 cm³/mol. The first-order valence-electron chi connectivity index (χ1n) is 5.26. The molecule has 82 valence electrons. The Hall–Kier alpha value is -1.90. The fourth-order valence-corrected chi connectivity index (χ4v) is 1.75. The smallest absolute Gasteiger partial charge is 0.220 e. The zero-order valence-electron chi connectivity index (χ0n) is 9.78. The molecule has 2 aromatic rings. The topological polar surface area (TPSA) is 51.8 Å². The van der Waals surface area contributed by atoms with Gasteiger partial charge in [0.15, 0.2) is 0 Å². The quantitative estimate of drug-likeness (QED) is 0.792. The number of nitrogens with zero attached hydrogens (tertiary/aromatic N) is 2. The van der Waals surface area contributed by atoms with Crippen LogP contribution < -0.4 is 5.73 Å². The Balaban J connectivity index is 2.69. The van der Waals surface area contributed by atoms with E-state index in [0.29, 0.717) is 5.95 Å². The van der Waals surface area contributed by atoms with Gasteiger partial charge in [0.2, 0.25) is 5.95 Å². The largest absolute Gasteiger partial charge is 0.368 e. The van der Waals surface area contributed by atoms with Crippen LogP contribution in [-0.4, -0.2) is 9.97 Å². The SMILES string of the molecule is Cc1ccccc1-c1nc(N)nc(C)c1C. The van der Waals surface area contributed by atoms with Crippen molar-refractivity contribution in [2.75, 3.05) is 5.73 Å². The summed E-state index contributed by atoms with van der Waals surface area (Å²) in [5.41, 5.74) is 11.0. The lowest BCUT2D eigenvalue weighted by Crippen LogP contribution is -2.02. The van der Waals surface area contributed by atoms with Gasteiger partial charge in [-0.3, -0.25) is 0 Å². The van der Waals surface area contributed by atoms with E-state index in [0.717, 1.165) is 22.5 Å². The van der Waals surface area contributed by atoms with Crippen molar-refractivity contribution < 1.29 is 0 Å². The molecule has 0 fully saturated rings. The van der Waals surface area contributed by atoms with Crippen LogP contribution in [0.1, 0.15) is 16.8 Å². The van der Waals surface area contributed by atoms with Gasteiger partial charge in [-0.25, -0.2) is 9.97 Å². The van der Waals surface area contributed by atoms with Crippen LogP contribution in [0.15, 0.2) is 24.3 Å². The zero-order valence-corrected chi connectivity index (χ0v) is 9.78. The normalized spacial score (nSPS) is 10.4. The van der Waals surface area contributed by atoms with Crippen molar-refractivity contribution in [1.82, 2.24) is 9.97 Å². The highest BCUT2D eigenvalue weighted by Crippen LogP contribution is 2.26. The average Bonchev–Trinajstić information content (AvgIpc) is 2.24. The number of nitrogen functional groups attached to an aromatic ring is 1. The van der Waals surface area contributed by atoms with Gasteiger partial charge < -0.3 is 5.73 Å². The molecule has 0 aliphatic heterocycles. The van der Waals surface area contributed by atoms with E-state index in [4.69, 9.17) is 5.73 Å². The fraction of sp³-hybridized carbons (Fsp3) is 0.231. The number of benzene rings is 1. The standard InChI is InChI=1S/C13H15N3/c1-8-6-4-5-7-11(8)12-9(2)10(3)15-13(14)16-12/h4-7H,1-3H3,(H2,14,15,16). The van der Waals surface area contributed by atoms with Crippen molar-refractivity contribution in [2.24, 2.45) is 0 Å². The molecule has 0 atom stereocenters. The summed E-state index contributed by atoms with van der Waals surface area (Å²) in [6, 6.07) is 8.16. The second kappa shape index (κ2) is 3.93. The van der Waals surface area contributed by atoms with Gasteiger partial charge in [-0.2, -0.15) is 0 Å². The van der Waals surface area contributed by atoms with Crippen molar-refractivity contribution in [3.8, 4) is 11.3 Å². The van der Waals surface area contributed by atoms with Gasteiger partial charge >= 0.3 is 0 Å². The molecular weight excluding hydrogens is 198 g/mol. The molecule has 0 saturated heterocycles. The summed E-state index contributed by atoms with van der Waals surface area (Å²) >= 11 is 0. The zero-order chi connectivity index (χ0) is 11.7. The maximum atomic E-state index is 5.69. The average molecular weight is 213 g/mol. The van der Waals surface area contributed by atoms with Gasteiger partial charge in [0.1, 0.15) is 0 Å². The number of anilines is 1.